The van der Waals surface area contributed by atoms with Crippen LogP contribution in [-0.4, -0.2) is 18.0 Å². The largest absolute Gasteiger partial charge is 0.367 e. The number of rotatable bonds is 3. The molecule has 0 aliphatic heterocycles. The molecule has 0 aromatic carbocycles. The maximum Gasteiger partial charge on any atom is 0.158 e. The van der Waals surface area contributed by atoms with Crippen LogP contribution in [0.1, 0.15) is 53.9 Å². The predicted molar refractivity (Wildman–Crippen MR) is 64.2 cm³/mol. The molecule has 16 heavy (non-hydrogen) atoms. The van der Waals surface area contributed by atoms with E-state index in [-0.39, 0.29) is 23.4 Å². The fourth-order valence-corrected chi connectivity index (χ4v) is 3.68. The standard InChI is InChI=1S/C14H24O2/c1-9(15)10(2)16-12-8-11-6-7-14(12,5)13(11,3)4/h10-12H,6-8H2,1-5H3. The minimum Gasteiger partial charge on any atom is -0.367 e. The number of fused-ring (bicyclic) bond motifs is 2. The van der Waals surface area contributed by atoms with E-state index < -0.39 is 0 Å². The Balaban J connectivity index is 2.13. The second-order valence-electron chi connectivity index (χ2n) is 6.49. The Hall–Kier alpha value is -0.370. The summed E-state index contributed by atoms with van der Waals surface area (Å²) in [6.45, 7) is 10.6. The van der Waals surface area contributed by atoms with E-state index in [1.807, 2.05) is 6.92 Å². The first-order chi connectivity index (χ1) is 7.29. The van der Waals surface area contributed by atoms with Gasteiger partial charge in [0.2, 0.25) is 0 Å². The Kier molecular flexibility index (Phi) is 2.69. The average Bonchev–Trinajstić information content (AvgIpc) is 2.50. The summed E-state index contributed by atoms with van der Waals surface area (Å²) in [5, 5.41) is 0. The van der Waals surface area contributed by atoms with Crippen molar-refractivity contribution in [3.63, 3.8) is 0 Å². The lowest BCUT2D eigenvalue weighted by molar-refractivity contribution is -0.138. The van der Waals surface area contributed by atoms with Gasteiger partial charge in [-0.15, -0.1) is 0 Å². The molecule has 2 aliphatic carbocycles. The lowest BCUT2D eigenvalue weighted by Gasteiger charge is -2.39. The average molecular weight is 224 g/mol. The molecule has 0 heterocycles. The van der Waals surface area contributed by atoms with Crippen LogP contribution in [-0.2, 0) is 9.53 Å². The number of ketones is 1. The summed E-state index contributed by atoms with van der Waals surface area (Å²) < 4.78 is 6.00. The Morgan fingerprint density at radius 2 is 2.00 bits per heavy atom. The highest BCUT2D eigenvalue weighted by Crippen LogP contribution is 2.66. The van der Waals surface area contributed by atoms with Crippen molar-refractivity contribution in [1.82, 2.24) is 0 Å². The van der Waals surface area contributed by atoms with Gasteiger partial charge in [-0.3, -0.25) is 4.79 Å². The summed E-state index contributed by atoms with van der Waals surface area (Å²) in [5.74, 6) is 0.922. The van der Waals surface area contributed by atoms with Crippen molar-refractivity contribution in [2.45, 2.75) is 66.1 Å². The zero-order valence-electron chi connectivity index (χ0n) is 11.2. The normalized spacial score (nSPS) is 42.3. The molecule has 4 unspecified atom stereocenters. The topological polar surface area (TPSA) is 26.3 Å². The van der Waals surface area contributed by atoms with Gasteiger partial charge < -0.3 is 4.74 Å². The van der Waals surface area contributed by atoms with E-state index in [1.165, 1.54) is 12.8 Å². The molecule has 2 aliphatic rings. The molecule has 0 saturated heterocycles. The van der Waals surface area contributed by atoms with E-state index in [9.17, 15) is 4.79 Å². The molecular formula is C14H24O2. The van der Waals surface area contributed by atoms with Crippen LogP contribution in [0.4, 0.5) is 0 Å². The summed E-state index contributed by atoms with van der Waals surface area (Å²) in [7, 11) is 0. The zero-order valence-corrected chi connectivity index (χ0v) is 11.2. The fraction of sp³-hybridized carbons (Fsp3) is 0.929. The van der Waals surface area contributed by atoms with Crippen molar-refractivity contribution >= 4 is 5.78 Å². The maximum atomic E-state index is 11.3. The highest BCUT2D eigenvalue weighted by atomic mass is 16.5. The minimum absolute atomic E-state index is 0.143. The van der Waals surface area contributed by atoms with Gasteiger partial charge in [-0.25, -0.2) is 0 Å². The highest BCUT2D eigenvalue weighted by molar-refractivity contribution is 5.79. The van der Waals surface area contributed by atoms with Crippen LogP contribution in [0, 0.1) is 16.7 Å². The van der Waals surface area contributed by atoms with Crippen LogP contribution in [0.25, 0.3) is 0 Å². The predicted octanol–water partition coefficient (Wildman–Crippen LogP) is 3.20. The zero-order chi connectivity index (χ0) is 12.1. The SMILES string of the molecule is CC(=O)C(C)OC1CC2CCC1(C)C2(C)C. The van der Waals surface area contributed by atoms with Gasteiger partial charge in [0, 0.05) is 0 Å². The maximum absolute atomic E-state index is 11.3. The van der Waals surface area contributed by atoms with Crippen molar-refractivity contribution in [3.8, 4) is 0 Å². The molecule has 2 heteroatoms. The Morgan fingerprint density at radius 3 is 2.38 bits per heavy atom. The first kappa shape index (κ1) is 12.1. The van der Waals surface area contributed by atoms with Crippen molar-refractivity contribution in [3.05, 3.63) is 0 Å². The van der Waals surface area contributed by atoms with Crippen LogP contribution in [0.15, 0.2) is 0 Å². The van der Waals surface area contributed by atoms with Gasteiger partial charge in [0.25, 0.3) is 0 Å². The summed E-state index contributed by atoms with van der Waals surface area (Å²) in [5.41, 5.74) is 0.634. The molecule has 0 amide bonds. The van der Waals surface area contributed by atoms with Gasteiger partial charge >= 0.3 is 0 Å². The molecule has 0 aromatic heterocycles. The third-order valence-electron chi connectivity index (χ3n) is 5.65. The van der Waals surface area contributed by atoms with Crippen molar-refractivity contribution in [1.29, 1.82) is 0 Å². The molecule has 2 rings (SSSR count). The quantitative estimate of drug-likeness (QED) is 0.736. The van der Waals surface area contributed by atoms with Crippen molar-refractivity contribution in [2.24, 2.45) is 16.7 Å². The molecule has 2 fully saturated rings. The molecule has 0 spiro atoms. The summed E-state index contributed by atoms with van der Waals surface area (Å²) >= 11 is 0. The second-order valence-corrected chi connectivity index (χ2v) is 6.49. The monoisotopic (exact) mass is 224 g/mol. The summed E-state index contributed by atoms with van der Waals surface area (Å²) in [4.78, 5) is 11.3. The van der Waals surface area contributed by atoms with Gasteiger partial charge in [-0.2, -0.15) is 0 Å². The van der Waals surface area contributed by atoms with Crippen LogP contribution >= 0.6 is 0 Å². The van der Waals surface area contributed by atoms with E-state index in [1.54, 1.807) is 6.92 Å². The van der Waals surface area contributed by atoms with Crippen molar-refractivity contribution < 1.29 is 9.53 Å². The molecular weight excluding hydrogens is 200 g/mol. The molecule has 2 nitrogen and oxygen atoms in total. The van der Waals surface area contributed by atoms with E-state index in [4.69, 9.17) is 4.74 Å². The fourth-order valence-electron chi connectivity index (χ4n) is 3.68. The first-order valence-corrected chi connectivity index (χ1v) is 6.45. The number of ether oxygens (including phenoxy) is 1. The molecule has 92 valence electrons. The number of carbonyl (C=O) groups excluding carboxylic acids is 1. The van der Waals surface area contributed by atoms with Crippen LogP contribution in [0.2, 0.25) is 0 Å². The summed E-state index contributed by atoms with van der Waals surface area (Å²) in [6, 6.07) is 0. The molecule has 2 saturated carbocycles. The second kappa shape index (κ2) is 3.56. The molecule has 2 bridgehead atoms. The van der Waals surface area contributed by atoms with Gasteiger partial charge in [0.1, 0.15) is 6.10 Å². The van der Waals surface area contributed by atoms with E-state index in [2.05, 4.69) is 20.8 Å². The minimum atomic E-state index is -0.239. The van der Waals surface area contributed by atoms with Gasteiger partial charge in [-0.1, -0.05) is 20.8 Å². The van der Waals surface area contributed by atoms with Crippen LogP contribution in [0.3, 0.4) is 0 Å². The van der Waals surface area contributed by atoms with Crippen LogP contribution in [0.5, 0.6) is 0 Å². The molecule has 0 radical (unpaired) electrons. The lowest BCUT2D eigenvalue weighted by atomic mass is 9.70. The molecule has 4 atom stereocenters. The van der Waals surface area contributed by atoms with Gasteiger partial charge in [0.15, 0.2) is 5.78 Å². The smallest absolute Gasteiger partial charge is 0.158 e. The van der Waals surface area contributed by atoms with E-state index in [0.717, 1.165) is 12.3 Å². The third-order valence-corrected chi connectivity index (χ3v) is 5.65. The molecule has 0 N–H and O–H groups in total. The lowest BCUT2D eigenvalue weighted by Crippen LogP contribution is -2.39. The van der Waals surface area contributed by atoms with Crippen LogP contribution < -0.4 is 0 Å². The third kappa shape index (κ3) is 1.46. The van der Waals surface area contributed by atoms with E-state index in [0.29, 0.717) is 5.41 Å². The Labute approximate surface area is 98.7 Å². The van der Waals surface area contributed by atoms with Gasteiger partial charge in [0.05, 0.1) is 6.10 Å². The van der Waals surface area contributed by atoms with E-state index >= 15 is 0 Å². The Morgan fingerprint density at radius 1 is 1.38 bits per heavy atom. The highest BCUT2D eigenvalue weighted by Gasteiger charge is 2.62. The molecule has 0 aromatic rings. The first-order valence-electron chi connectivity index (χ1n) is 6.45. The summed E-state index contributed by atoms with van der Waals surface area (Å²) in [6.07, 6.45) is 3.76. The number of hydrogen-bond acceptors (Lipinski definition) is 2. The number of hydrogen-bond donors (Lipinski definition) is 0. The number of carbonyl (C=O) groups is 1. The van der Waals surface area contributed by atoms with Crippen molar-refractivity contribution in [2.75, 3.05) is 0 Å². The Bertz CT molecular complexity index is 308. The number of Topliss-reactive ketones (excluding diaryl/α,β-unsaturated/α-hetero) is 1. The van der Waals surface area contributed by atoms with Gasteiger partial charge in [-0.05, 0) is 49.9 Å².